The number of hydrogen-bond donors (Lipinski definition) is 2. The molecule has 2 amide bonds. The number of aromatic hydroxyl groups is 1. The number of nitrogens with zero attached hydrogens (tertiary/aromatic N) is 4. The number of hydrogen-bond acceptors (Lipinski definition) is 7. The van der Waals surface area contributed by atoms with Crippen LogP contribution in [0.3, 0.4) is 0 Å². The number of nitrogens with one attached hydrogen (secondary N) is 1. The van der Waals surface area contributed by atoms with Crippen LogP contribution in [0.1, 0.15) is 76.3 Å². The number of piperazine rings is 1. The Morgan fingerprint density at radius 3 is 2.36 bits per heavy atom. The second-order valence-electron chi connectivity index (χ2n) is 15.6. The summed E-state index contributed by atoms with van der Waals surface area (Å²) in [7, 11) is 0. The fourth-order valence-electron chi connectivity index (χ4n) is 8.77. The molecule has 2 unspecified atom stereocenters. The first-order valence-corrected chi connectivity index (χ1v) is 20.0. The van der Waals surface area contributed by atoms with Crippen molar-refractivity contribution in [1.82, 2.24) is 15.1 Å². The molecule has 0 spiro atoms. The van der Waals surface area contributed by atoms with Crippen molar-refractivity contribution in [3.05, 3.63) is 130 Å². The summed E-state index contributed by atoms with van der Waals surface area (Å²) in [6.45, 7) is 9.90. The SMILES string of the molecule is C=C1CCC(N2Cc3cc(N4CCN(CCCCCOc5ccc(C6c7ccc(O)cc7CCN6c6ccc(C(F)(F)F)cc6F)cc5)CC4)ccc3C2=O)C(=O)N1. The minimum atomic E-state index is -4.65. The summed E-state index contributed by atoms with van der Waals surface area (Å²) >= 11 is 0. The molecule has 4 aromatic carbocycles. The van der Waals surface area contributed by atoms with E-state index in [0.717, 1.165) is 86.0 Å². The summed E-state index contributed by atoms with van der Waals surface area (Å²) in [6.07, 6.45) is 0.0762. The molecule has 0 bridgehead atoms. The molecule has 0 saturated carbocycles. The zero-order valence-corrected chi connectivity index (χ0v) is 32.2. The number of anilines is 2. The number of ether oxygens (including phenoxy) is 1. The van der Waals surface area contributed by atoms with E-state index in [4.69, 9.17) is 4.74 Å². The van der Waals surface area contributed by atoms with Crippen molar-refractivity contribution in [2.24, 2.45) is 0 Å². The van der Waals surface area contributed by atoms with Gasteiger partial charge in [0, 0.05) is 56.2 Å². The normalized spacial score (nSPS) is 19.9. The largest absolute Gasteiger partial charge is 0.508 e. The first-order valence-electron chi connectivity index (χ1n) is 20.0. The Morgan fingerprint density at radius 1 is 0.828 bits per heavy atom. The van der Waals surface area contributed by atoms with Gasteiger partial charge in [0.25, 0.3) is 5.91 Å². The summed E-state index contributed by atoms with van der Waals surface area (Å²) in [5, 5.41) is 12.9. The van der Waals surface area contributed by atoms with Crippen molar-refractivity contribution in [1.29, 1.82) is 0 Å². The summed E-state index contributed by atoms with van der Waals surface area (Å²) in [6, 6.07) is 20.3. The molecule has 0 aliphatic carbocycles. The zero-order chi connectivity index (χ0) is 40.6. The van der Waals surface area contributed by atoms with E-state index < -0.39 is 29.6 Å². The van der Waals surface area contributed by atoms with E-state index in [1.54, 1.807) is 28.0 Å². The van der Waals surface area contributed by atoms with E-state index in [0.29, 0.717) is 62.0 Å². The van der Waals surface area contributed by atoms with Crippen LogP contribution in [0.15, 0.2) is 91.1 Å². The highest BCUT2D eigenvalue weighted by Crippen LogP contribution is 2.42. The highest BCUT2D eigenvalue weighted by atomic mass is 19.4. The van der Waals surface area contributed by atoms with Crippen molar-refractivity contribution in [2.45, 2.75) is 63.3 Å². The lowest BCUT2D eigenvalue weighted by Gasteiger charge is -2.39. The molecule has 4 aliphatic rings. The van der Waals surface area contributed by atoms with Gasteiger partial charge in [-0.15, -0.1) is 0 Å². The lowest BCUT2D eigenvalue weighted by Crippen LogP contribution is -2.49. The number of halogens is 4. The van der Waals surface area contributed by atoms with Gasteiger partial charge in [0.1, 0.15) is 23.4 Å². The highest BCUT2D eigenvalue weighted by Gasteiger charge is 2.39. The quantitative estimate of drug-likeness (QED) is 0.118. The Hall–Kier alpha value is -5.56. The standard InChI is InChI=1S/C45H47F4N5O4/c1-29-5-15-41(43(56)50-29)54-28-32-25-34(9-13-38(32)44(54)57)52-22-20-51(21-23-52)18-3-2-4-24-58-36-11-6-30(7-12-36)42-37-14-10-35(55)26-31(37)17-19-53(42)40-16-8-33(27-39(40)46)45(47,48)49/h6-14,16,25-27,41-42,55H,1-5,15,17-24,28H2,(H,50,56). The maximum atomic E-state index is 15.3. The van der Waals surface area contributed by atoms with E-state index >= 15 is 4.39 Å². The van der Waals surface area contributed by atoms with E-state index in [-0.39, 0.29) is 23.3 Å². The van der Waals surface area contributed by atoms with Crippen molar-refractivity contribution in [2.75, 3.05) is 55.7 Å². The Balaban J connectivity index is 0.797. The summed E-state index contributed by atoms with van der Waals surface area (Å²) in [5.41, 5.74) is 5.09. The van der Waals surface area contributed by atoms with Gasteiger partial charge in [0.15, 0.2) is 0 Å². The molecular weight excluding hydrogens is 751 g/mol. The monoisotopic (exact) mass is 797 g/mol. The molecule has 4 heterocycles. The van der Waals surface area contributed by atoms with Crippen LogP contribution >= 0.6 is 0 Å². The number of rotatable bonds is 11. The van der Waals surface area contributed by atoms with Crippen LogP contribution in [0.2, 0.25) is 0 Å². The van der Waals surface area contributed by atoms with Crippen LogP contribution in [-0.4, -0.2) is 78.6 Å². The van der Waals surface area contributed by atoms with Crippen molar-refractivity contribution >= 4 is 23.2 Å². The van der Waals surface area contributed by atoms with E-state index in [2.05, 4.69) is 27.8 Å². The van der Waals surface area contributed by atoms with Gasteiger partial charge >= 0.3 is 6.18 Å². The smallest absolute Gasteiger partial charge is 0.416 e. The number of phenols is 1. The number of allylic oxidation sites excluding steroid dienone is 1. The lowest BCUT2D eigenvalue weighted by atomic mass is 9.87. The van der Waals surface area contributed by atoms with Gasteiger partial charge in [0.2, 0.25) is 5.91 Å². The molecule has 0 radical (unpaired) electrons. The number of phenolic OH excluding ortho intramolecular Hbond substituents is 1. The molecule has 8 rings (SSSR count). The molecule has 2 fully saturated rings. The third kappa shape index (κ3) is 8.22. The minimum absolute atomic E-state index is 0.0842. The number of unbranched alkanes of at least 4 members (excludes halogenated alkanes) is 2. The number of benzene rings is 4. The molecule has 9 nitrogen and oxygen atoms in total. The molecule has 304 valence electrons. The first kappa shape index (κ1) is 39.3. The Bertz CT molecular complexity index is 2190. The first-order chi connectivity index (χ1) is 27.9. The third-order valence-corrected chi connectivity index (χ3v) is 11.9. The number of alkyl halides is 3. The number of piperidine rings is 1. The maximum Gasteiger partial charge on any atom is 0.416 e. The van der Waals surface area contributed by atoms with Gasteiger partial charge in [-0.3, -0.25) is 14.5 Å². The molecule has 4 aliphatic heterocycles. The van der Waals surface area contributed by atoms with Gasteiger partial charge < -0.3 is 29.9 Å². The minimum Gasteiger partial charge on any atom is -0.508 e. The van der Waals surface area contributed by atoms with Crippen molar-refractivity contribution in [3.63, 3.8) is 0 Å². The predicted molar refractivity (Wildman–Crippen MR) is 213 cm³/mol. The number of amides is 2. The molecule has 2 saturated heterocycles. The lowest BCUT2D eigenvalue weighted by molar-refractivity contribution is -0.137. The van der Waals surface area contributed by atoms with Crippen LogP contribution in [0.4, 0.5) is 28.9 Å². The zero-order valence-electron chi connectivity index (χ0n) is 32.2. The molecule has 0 aromatic heterocycles. The van der Waals surface area contributed by atoms with E-state index in [1.165, 1.54) is 6.07 Å². The fourth-order valence-corrected chi connectivity index (χ4v) is 8.77. The van der Waals surface area contributed by atoms with E-state index in [9.17, 15) is 27.9 Å². The fraction of sp³-hybridized carbons (Fsp3) is 0.378. The third-order valence-electron chi connectivity index (χ3n) is 11.9. The average molecular weight is 798 g/mol. The second kappa shape index (κ2) is 16.4. The van der Waals surface area contributed by atoms with Crippen LogP contribution in [0.5, 0.6) is 11.5 Å². The van der Waals surface area contributed by atoms with Crippen LogP contribution in [0, 0.1) is 5.82 Å². The molecule has 58 heavy (non-hydrogen) atoms. The molecule has 4 aromatic rings. The number of fused-ring (bicyclic) bond motifs is 2. The number of carbonyl (C=O) groups is 2. The predicted octanol–water partition coefficient (Wildman–Crippen LogP) is 7.82. The van der Waals surface area contributed by atoms with E-state index in [1.807, 2.05) is 36.4 Å². The molecule has 13 heteroatoms. The van der Waals surface area contributed by atoms with Gasteiger partial charge in [-0.2, -0.15) is 13.2 Å². The molecular formula is C45H47F4N5O4. The molecule has 2 atom stereocenters. The second-order valence-corrected chi connectivity index (χ2v) is 15.6. The van der Waals surface area contributed by atoms with Crippen molar-refractivity contribution in [3.8, 4) is 11.5 Å². The van der Waals surface area contributed by atoms with Gasteiger partial charge in [-0.1, -0.05) is 24.8 Å². The van der Waals surface area contributed by atoms with Gasteiger partial charge in [-0.25, -0.2) is 4.39 Å². The maximum absolute atomic E-state index is 15.3. The van der Waals surface area contributed by atoms with Crippen molar-refractivity contribution < 1.29 is 37.0 Å². The Kier molecular flexibility index (Phi) is 11.1. The van der Waals surface area contributed by atoms with Gasteiger partial charge in [-0.05, 0) is 128 Å². The molecule has 2 N–H and O–H groups in total. The number of carbonyl (C=O) groups excluding carboxylic acids is 2. The summed E-state index contributed by atoms with van der Waals surface area (Å²) < 4.78 is 61.2. The van der Waals surface area contributed by atoms with Crippen LogP contribution in [0.25, 0.3) is 0 Å². The Morgan fingerprint density at radius 2 is 1.62 bits per heavy atom. The Labute approximate surface area is 335 Å². The van der Waals surface area contributed by atoms with Crippen LogP contribution in [-0.2, 0) is 23.9 Å². The average Bonchev–Trinajstić information content (AvgIpc) is 3.53. The van der Waals surface area contributed by atoms with Crippen LogP contribution < -0.4 is 19.9 Å². The summed E-state index contributed by atoms with van der Waals surface area (Å²) in [4.78, 5) is 34.0. The van der Waals surface area contributed by atoms with Gasteiger partial charge in [0.05, 0.1) is 23.9 Å². The highest BCUT2D eigenvalue weighted by molar-refractivity contribution is 6.01. The topological polar surface area (TPSA) is 88.6 Å². The summed E-state index contributed by atoms with van der Waals surface area (Å²) in [5.74, 6) is -0.358.